The van der Waals surface area contributed by atoms with Gasteiger partial charge in [0.15, 0.2) is 9.84 Å². The van der Waals surface area contributed by atoms with E-state index in [1.165, 1.54) is 37.4 Å². The Bertz CT molecular complexity index is 1970. The molecule has 0 aliphatic carbocycles. The Morgan fingerprint density at radius 3 is 2.02 bits per heavy atom. The number of methoxy groups -OCH3 is 1. The Kier molecular flexibility index (Phi) is 9.72. The first-order valence-corrected chi connectivity index (χ1v) is 18.0. The van der Waals surface area contributed by atoms with Gasteiger partial charge in [-0.2, -0.15) is 13.1 Å². The maximum atomic E-state index is 14.4. The van der Waals surface area contributed by atoms with Crippen LogP contribution < -0.4 is 4.74 Å². The minimum atomic E-state index is -5.90. The van der Waals surface area contributed by atoms with Gasteiger partial charge >= 0.3 is 13.3 Å². The summed E-state index contributed by atoms with van der Waals surface area (Å²) in [6.45, 7) is -0.576. The lowest BCUT2D eigenvalue weighted by Gasteiger charge is -2.25. The number of hydrogen-bond acceptors (Lipinski definition) is 6. The van der Waals surface area contributed by atoms with Crippen LogP contribution in [0.5, 0.6) is 5.75 Å². The lowest BCUT2D eigenvalue weighted by Crippen LogP contribution is -2.30. The molecule has 0 fully saturated rings. The Morgan fingerprint density at radius 2 is 1.43 bits per heavy atom. The third-order valence-electron chi connectivity index (χ3n) is 6.65. The predicted molar refractivity (Wildman–Crippen MR) is 162 cm³/mol. The highest BCUT2D eigenvalue weighted by molar-refractivity contribution is 7.90. The summed E-state index contributed by atoms with van der Waals surface area (Å²) in [4.78, 5) is 18.2. The van der Waals surface area contributed by atoms with Gasteiger partial charge in [0, 0.05) is 19.3 Å². The fraction of sp³-hybridized carbons (Fsp3) is 0.172. The second kappa shape index (κ2) is 12.7. The monoisotopic (exact) mass is 685 g/mol. The van der Waals surface area contributed by atoms with Crippen LogP contribution in [-0.4, -0.2) is 44.3 Å². The standard InChI is InChI=1S/C29H27ClF2NO8PS2/c1-41-27-11-3-4-12-28(27)44(39,40)33(19-21-13-14-25(26(30)16-21)29(31,32)42(34,35)36)18-20-7-5-8-22(15-20)23-9-6-10-24(17-23)43(2,37)38/h3-17H,18-19H2,1-2H3,(H2,34,35,36). The van der Waals surface area contributed by atoms with Crippen LogP contribution in [0.4, 0.5) is 8.78 Å². The highest BCUT2D eigenvalue weighted by Gasteiger charge is 2.51. The van der Waals surface area contributed by atoms with Gasteiger partial charge in [0.05, 0.1) is 22.6 Å². The van der Waals surface area contributed by atoms with Gasteiger partial charge < -0.3 is 14.5 Å². The van der Waals surface area contributed by atoms with Gasteiger partial charge in [-0.1, -0.05) is 66.2 Å². The van der Waals surface area contributed by atoms with Gasteiger partial charge in [-0.3, -0.25) is 4.57 Å². The zero-order valence-corrected chi connectivity index (χ0v) is 26.5. The highest BCUT2D eigenvalue weighted by atomic mass is 35.5. The van der Waals surface area contributed by atoms with Crippen molar-refractivity contribution in [2.45, 2.75) is 28.5 Å². The van der Waals surface area contributed by atoms with Crippen molar-refractivity contribution >= 4 is 39.1 Å². The minimum absolute atomic E-state index is 0.0681. The zero-order valence-electron chi connectivity index (χ0n) is 23.3. The summed E-state index contributed by atoms with van der Waals surface area (Å²) in [5.74, 6) is 0.0681. The van der Waals surface area contributed by atoms with E-state index in [2.05, 4.69) is 0 Å². The number of halogens is 3. The van der Waals surface area contributed by atoms with Gasteiger partial charge in [0.25, 0.3) is 0 Å². The number of nitrogens with zero attached hydrogens (tertiary/aromatic N) is 1. The Morgan fingerprint density at radius 1 is 0.841 bits per heavy atom. The number of sulfonamides is 1. The molecule has 4 aromatic rings. The van der Waals surface area contributed by atoms with Crippen LogP contribution in [-0.2, 0) is 43.2 Å². The smallest absolute Gasteiger partial charge is 0.399 e. The molecule has 0 amide bonds. The second-order valence-electron chi connectivity index (χ2n) is 9.82. The van der Waals surface area contributed by atoms with Crippen LogP contribution in [0.1, 0.15) is 16.7 Å². The van der Waals surface area contributed by atoms with E-state index in [1.54, 1.807) is 42.5 Å². The third-order valence-corrected chi connectivity index (χ3v) is 10.9. The fourth-order valence-electron chi connectivity index (χ4n) is 4.42. The molecule has 4 aromatic carbocycles. The Labute approximate surface area is 258 Å². The van der Waals surface area contributed by atoms with Crippen molar-refractivity contribution in [3.05, 3.63) is 113 Å². The molecule has 0 unspecified atom stereocenters. The van der Waals surface area contributed by atoms with E-state index in [-0.39, 0.29) is 34.2 Å². The highest BCUT2D eigenvalue weighted by Crippen LogP contribution is 2.60. The van der Waals surface area contributed by atoms with E-state index in [1.807, 2.05) is 0 Å². The molecule has 4 rings (SSSR count). The maximum absolute atomic E-state index is 14.4. The molecule has 0 bridgehead atoms. The molecule has 0 atom stereocenters. The molecule has 0 aromatic heterocycles. The van der Waals surface area contributed by atoms with Crippen molar-refractivity contribution in [2.75, 3.05) is 13.4 Å². The summed E-state index contributed by atoms with van der Waals surface area (Å²) < 4.78 is 98.6. The van der Waals surface area contributed by atoms with Gasteiger partial charge in [0.1, 0.15) is 10.6 Å². The van der Waals surface area contributed by atoms with Crippen molar-refractivity contribution < 1.29 is 44.7 Å². The van der Waals surface area contributed by atoms with Crippen molar-refractivity contribution in [1.82, 2.24) is 4.31 Å². The average molecular weight is 686 g/mol. The molecule has 9 nitrogen and oxygen atoms in total. The summed E-state index contributed by atoms with van der Waals surface area (Å²) in [7, 11) is -12.4. The van der Waals surface area contributed by atoms with E-state index in [0.29, 0.717) is 16.7 Å². The van der Waals surface area contributed by atoms with Crippen molar-refractivity contribution in [2.24, 2.45) is 0 Å². The van der Waals surface area contributed by atoms with Crippen LogP contribution in [0.2, 0.25) is 5.02 Å². The van der Waals surface area contributed by atoms with E-state index in [4.69, 9.17) is 26.1 Å². The Hall–Kier alpha value is -3.16. The lowest BCUT2D eigenvalue weighted by molar-refractivity contribution is 0.0565. The topological polar surface area (TPSA) is 138 Å². The average Bonchev–Trinajstić information content (AvgIpc) is 2.96. The largest absolute Gasteiger partial charge is 0.495 e. The summed E-state index contributed by atoms with van der Waals surface area (Å²) in [5, 5.41) is -0.654. The van der Waals surface area contributed by atoms with Crippen molar-refractivity contribution in [3.63, 3.8) is 0 Å². The summed E-state index contributed by atoms with van der Waals surface area (Å²) in [6, 6.07) is 21.9. The summed E-state index contributed by atoms with van der Waals surface area (Å²) in [6.07, 6.45) is 1.09. The first-order chi connectivity index (χ1) is 20.4. The first kappa shape index (κ1) is 33.7. The van der Waals surface area contributed by atoms with Crippen molar-refractivity contribution in [1.29, 1.82) is 0 Å². The van der Waals surface area contributed by atoms with Crippen LogP contribution in [0.3, 0.4) is 0 Å². The Balaban J connectivity index is 1.77. The van der Waals surface area contributed by atoms with Gasteiger partial charge in [-0.15, -0.1) is 0 Å². The molecule has 0 saturated carbocycles. The number of sulfone groups is 1. The summed E-state index contributed by atoms with van der Waals surface area (Å²) in [5.41, 5.74) is -3.77. The van der Waals surface area contributed by atoms with E-state index in [0.717, 1.165) is 28.8 Å². The number of hydrogen-bond donors (Lipinski definition) is 2. The van der Waals surface area contributed by atoms with E-state index >= 15 is 0 Å². The molecule has 15 heteroatoms. The minimum Gasteiger partial charge on any atom is -0.495 e. The molecule has 44 heavy (non-hydrogen) atoms. The van der Waals surface area contributed by atoms with E-state index < -0.39 is 43.7 Å². The number of alkyl halides is 2. The van der Waals surface area contributed by atoms with Crippen LogP contribution in [0.25, 0.3) is 11.1 Å². The molecule has 2 N–H and O–H groups in total. The van der Waals surface area contributed by atoms with Crippen molar-refractivity contribution in [3.8, 4) is 16.9 Å². The molecule has 0 heterocycles. The summed E-state index contributed by atoms with van der Waals surface area (Å²) >= 11 is 6.02. The number of ether oxygens (including phenoxy) is 1. The molecule has 0 aliphatic heterocycles. The van der Waals surface area contributed by atoms with Crippen LogP contribution in [0.15, 0.2) is 101 Å². The van der Waals surface area contributed by atoms with Gasteiger partial charge in [-0.05, 0) is 58.7 Å². The lowest BCUT2D eigenvalue weighted by atomic mass is 10.0. The zero-order chi connectivity index (χ0) is 32.5. The SMILES string of the molecule is COc1ccccc1S(=O)(=O)N(Cc1cccc(-c2cccc(S(C)(=O)=O)c2)c1)Cc1ccc(C(F)(F)P(=O)(O)O)c(Cl)c1. The number of para-hydroxylation sites is 1. The molecule has 234 valence electrons. The predicted octanol–water partition coefficient (Wildman–Crippen LogP) is 6.04. The molecule has 0 aliphatic rings. The first-order valence-electron chi connectivity index (χ1n) is 12.7. The molecule has 0 spiro atoms. The molecular formula is C29H27ClF2NO8PS2. The van der Waals surface area contributed by atoms with Crippen LogP contribution in [0, 0.1) is 0 Å². The third kappa shape index (κ3) is 7.21. The maximum Gasteiger partial charge on any atom is 0.399 e. The van der Waals surface area contributed by atoms with Crippen LogP contribution >= 0.6 is 19.2 Å². The quantitative estimate of drug-likeness (QED) is 0.182. The molecular weight excluding hydrogens is 659 g/mol. The second-order valence-corrected chi connectivity index (χ2v) is 15.8. The number of rotatable bonds is 11. The fourth-order valence-corrected chi connectivity index (χ4v) is 7.55. The molecule has 0 saturated heterocycles. The van der Waals surface area contributed by atoms with Gasteiger partial charge in [0.2, 0.25) is 10.0 Å². The van der Waals surface area contributed by atoms with E-state index in [9.17, 15) is 30.2 Å². The van der Waals surface area contributed by atoms with Gasteiger partial charge in [-0.25, -0.2) is 16.8 Å². The normalized spacial score (nSPS) is 12.8. The molecule has 0 radical (unpaired) electrons. The number of benzene rings is 4.